The molecule has 0 N–H and O–H groups in total. The molecule has 1 unspecified atom stereocenters. The first-order chi connectivity index (χ1) is 18.4. The molecule has 1 aliphatic rings. The summed E-state index contributed by atoms with van der Waals surface area (Å²) in [6.07, 6.45) is 16.7. The van der Waals surface area contributed by atoms with Gasteiger partial charge in [0.1, 0.15) is 0 Å². The summed E-state index contributed by atoms with van der Waals surface area (Å²) in [5, 5.41) is 0. The molecule has 1 heterocycles. The smallest absolute Gasteiger partial charge is 0.157 e. The van der Waals surface area contributed by atoms with Crippen molar-refractivity contribution in [3.8, 4) is 0 Å². The summed E-state index contributed by atoms with van der Waals surface area (Å²) in [4.78, 5) is 0. The van der Waals surface area contributed by atoms with Crippen molar-refractivity contribution < 1.29 is 37.9 Å². The second-order valence-corrected chi connectivity index (χ2v) is 9.52. The van der Waals surface area contributed by atoms with Crippen molar-refractivity contribution in [1.29, 1.82) is 0 Å². The fourth-order valence-electron chi connectivity index (χ4n) is 3.97. The third kappa shape index (κ3) is 27.1. The van der Waals surface area contributed by atoms with Gasteiger partial charge in [-0.3, -0.25) is 0 Å². The average Bonchev–Trinajstić information content (AvgIpc) is 2.93. The molecule has 8 heteroatoms. The van der Waals surface area contributed by atoms with E-state index in [9.17, 15) is 0 Å². The standard InChI is InChI=1S/C29H58O8/c1-2-3-4-5-6-7-8-9-10-12-15-30-17-18-31-19-20-32-21-22-33-23-24-34-25-26-35-27-28-37-29-14-11-13-16-36-29/h29H,2-28H2,1H3. The Morgan fingerprint density at radius 2 is 0.865 bits per heavy atom. The van der Waals surface area contributed by atoms with Gasteiger partial charge in [-0.15, -0.1) is 0 Å². The van der Waals surface area contributed by atoms with Crippen LogP contribution in [0.15, 0.2) is 0 Å². The highest BCUT2D eigenvalue weighted by molar-refractivity contribution is 4.53. The van der Waals surface area contributed by atoms with Crippen molar-refractivity contribution in [2.75, 3.05) is 92.5 Å². The molecule has 8 nitrogen and oxygen atoms in total. The van der Waals surface area contributed by atoms with Crippen LogP contribution >= 0.6 is 0 Å². The maximum absolute atomic E-state index is 5.64. The van der Waals surface area contributed by atoms with Crippen LogP contribution in [-0.4, -0.2) is 98.8 Å². The van der Waals surface area contributed by atoms with Crippen LogP contribution in [0.2, 0.25) is 0 Å². The van der Waals surface area contributed by atoms with Gasteiger partial charge in [0.15, 0.2) is 6.29 Å². The Hall–Kier alpha value is -0.320. The summed E-state index contributed by atoms with van der Waals surface area (Å²) >= 11 is 0. The van der Waals surface area contributed by atoms with Crippen molar-refractivity contribution in [3.63, 3.8) is 0 Å². The largest absolute Gasteiger partial charge is 0.379 e. The van der Waals surface area contributed by atoms with E-state index < -0.39 is 0 Å². The van der Waals surface area contributed by atoms with Crippen LogP contribution in [0.5, 0.6) is 0 Å². The monoisotopic (exact) mass is 534 g/mol. The summed E-state index contributed by atoms with van der Waals surface area (Å²) in [7, 11) is 0. The first-order valence-electron chi connectivity index (χ1n) is 15.1. The number of ether oxygens (including phenoxy) is 8. The summed E-state index contributed by atoms with van der Waals surface area (Å²) in [5.41, 5.74) is 0. The summed E-state index contributed by atoms with van der Waals surface area (Å²) in [5.74, 6) is 0. The summed E-state index contributed by atoms with van der Waals surface area (Å²) < 4.78 is 44.3. The quantitative estimate of drug-likeness (QED) is 0.111. The predicted molar refractivity (Wildman–Crippen MR) is 146 cm³/mol. The molecule has 1 saturated heterocycles. The average molecular weight is 535 g/mol. The van der Waals surface area contributed by atoms with Gasteiger partial charge in [0, 0.05) is 13.2 Å². The first-order valence-corrected chi connectivity index (χ1v) is 15.1. The minimum Gasteiger partial charge on any atom is -0.379 e. The first kappa shape index (κ1) is 34.7. The van der Waals surface area contributed by atoms with E-state index in [1.165, 1.54) is 64.2 Å². The van der Waals surface area contributed by atoms with Crippen LogP contribution in [-0.2, 0) is 37.9 Å². The molecule has 1 rings (SSSR count). The molecule has 0 aromatic heterocycles. The highest BCUT2D eigenvalue weighted by atomic mass is 16.7. The third-order valence-corrected chi connectivity index (χ3v) is 6.17. The lowest BCUT2D eigenvalue weighted by atomic mass is 10.1. The molecule has 0 spiro atoms. The van der Waals surface area contributed by atoms with Crippen LogP contribution in [0, 0.1) is 0 Å². The maximum Gasteiger partial charge on any atom is 0.157 e. The zero-order valence-electron chi connectivity index (χ0n) is 23.9. The van der Waals surface area contributed by atoms with Crippen molar-refractivity contribution >= 4 is 0 Å². The van der Waals surface area contributed by atoms with Gasteiger partial charge in [-0.2, -0.15) is 0 Å². The zero-order chi connectivity index (χ0) is 26.3. The lowest BCUT2D eigenvalue weighted by molar-refractivity contribution is -0.169. The molecule has 1 atom stereocenters. The van der Waals surface area contributed by atoms with E-state index in [0.29, 0.717) is 79.3 Å². The Labute approximate surface area is 227 Å². The van der Waals surface area contributed by atoms with Gasteiger partial charge in [0.25, 0.3) is 0 Å². The summed E-state index contributed by atoms with van der Waals surface area (Å²) in [6.45, 7) is 10.8. The van der Waals surface area contributed by atoms with E-state index >= 15 is 0 Å². The van der Waals surface area contributed by atoms with E-state index in [4.69, 9.17) is 37.9 Å². The molecule has 1 fully saturated rings. The molecule has 0 amide bonds. The van der Waals surface area contributed by atoms with Crippen LogP contribution in [0.3, 0.4) is 0 Å². The number of hydrogen-bond donors (Lipinski definition) is 0. The molecule has 37 heavy (non-hydrogen) atoms. The Balaban J connectivity index is 1.61. The normalized spacial score (nSPS) is 16.0. The van der Waals surface area contributed by atoms with Crippen LogP contribution < -0.4 is 0 Å². The Morgan fingerprint density at radius 1 is 0.459 bits per heavy atom. The van der Waals surface area contributed by atoms with Crippen LogP contribution in [0.1, 0.15) is 90.4 Å². The SMILES string of the molecule is CCCCCCCCCCCCOCCOCCOCCOCCOCCOCCOC1CCCCO1. The fourth-order valence-corrected chi connectivity index (χ4v) is 3.97. The van der Waals surface area contributed by atoms with E-state index in [2.05, 4.69) is 6.92 Å². The predicted octanol–water partition coefficient (Wildman–Crippen LogP) is 5.55. The van der Waals surface area contributed by atoms with Crippen molar-refractivity contribution in [1.82, 2.24) is 0 Å². The Kier molecular flexibility index (Phi) is 28.4. The molecular formula is C29H58O8. The van der Waals surface area contributed by atoms with Crippen LogP contribution in [0.25, 0.3) is 0 Å². The number of unbranched alkanes of at least 4 members (excludes halogenated alkanes) is 9. The minimum absolute atomic E-state index is 0.0502. The maximum atomic E-state index is 5.64. The lowest BCUT2D eigenvalue weighted by Crippen LogP contribution is -2.24. The van der Waals surface area contributed by atoms with Gasteiger partial charge in [-0.05, 0) is 25.7 Å². The molecule has 1 aliphatic heterocycles. The van der Waals surface area contributed by atoms with E-state index in [1.54, 1.807) is 0 Å². The van der Waals surface area contributed by atoms with Crippen molar-refractivity contribution in [2.45, 2.75) is 96.7 Å². The lowest BCUT2D eigenvalue weighted by Gasteiger charge is -2.22. The van der Waals surface area contributed by atoms with E-state index in [-0.39, 0.29) is 6.29 Å². The molecule has 0 radical (unpaired) electrons. The molecule has 222 valence electrons. The van der Waals surface area contributed by atoms with E-state index in [1.807, 2.05) is 0 Å². The van der Waals surface area contributed by atoms with Gasteiger partial charge in [-0.25, -0.2) is 0 Å². The second kappa shape index (κ2) is 30.2. The molecule has 0 saturated carbocycles. The molecular weight excluding hydrogens is 476 g/mol. The van der Waals surface area contributed by atoms with Crippen LogP contribution in [0.4, 0.5) is 0 Å². The Bertz CT molecular complexity index is 421. The zero-order valence-corrected chi connectivity index (χ0v) is 23.9. The Morgan fingerprint density at radius 3 is 1.30 bits per heavy atom. The number of rotatable bonds is 30. The molecule has 0 bridgehead atoms. The van der Waals surface area contributed by atoms with Crippen molar-refractivity contribution in [2.24, 2.45) is 0 Å². The van der Waals surface area contributed by atoms with Gasteiger partial charge in [0.05, 0.1) is 79.3 Å². The van der Waals surface area contributed by atoms with Gasteiger partial charge in [-0.1, -0.05) is 64.7 Å². The van der Waals surface area contributed by atoms with Gasteiger partial charge < -0.3 is 37.9 Å². The molecule has 0 aliphatic carbocycles. The summed E-state index contributed by atoms with van der Waals surface area (Å²) in [6, 6.07) is 0. The van der Waals surface area contributed by atoms with Gasteiger partial charge in [0.2, 0.25) is 0 Å². The second-order valence-electron chi connectivity index (χ2n) is 9.52. The fraction of sp³-hybridized carbons (Fsp3) is 1.00. The minimum atomic E-state index is -0.0502. The van der Waals surface area contributed by atoms with E-state index in [0.717, 1.165) is 32.5 Å². The number of hydrogen-bond acceptors (Lipinski definition) is 8. The third-order valence-electron chi connectivity index (χ3n) is 6.17. The molecule has 0 aromatic rings. The van der Waals surface area contributed by atoms with Gasteiger partial charge >= 0.3 is 0 Å². The van der Waals surface area contributed by atoms with Crippen molar-refractivity contribution in [3.05, 3.63) is 0 Å². The molecule has 0 aromatic carbocycles. The topological polar surface area (TPSA) is 73.8 Å². The highest BCUT2D eigenvalue weighted by Crippen LogP contribution is 2.13. The highest BCUT2D eigenvalue weighted by Gasteiger charge is 2.13.